The molecule has 40 valence electrons. The quantitative estimate of drug-likeness (QED) is 0.389. The van der Waals surface area contributed by atoms with E-state index >= 15 is 0 Å². The summed E-state index contributed by atoms with van der Waals surface area (Å²) in [5, 5.41) is 26.4. The fourth-order valence-electron chi connectivity index (χ4n) is 0.273. The van der Waals surface area contributed by atoms with Gasteiger partial charge in [-0.05, 0) is 5.10 Å². The monoisotopic (exact) mass is 111 g/mol. The van der Waals surface area contributed by atoms with E-state index in [0.29, 0.717) is 0 Å². The molecule has 0 aromatic heterocycles. The number of amidine groups is 1. The molecule has 1 atom stereocenters. The van der Waals surface area contributed by atoms with Crippen LogP contribution < -0.4 is 5.28 Å². The van der Waals surface area contributed by atoms with E-state index in [0.717, 1.165) is 0 Å². The zero-order chi connectivity index (χ0) is 5.98. The second-order valence-electron chi connectivity index (χ2n) is 1.03. The highest BCUT2D eigenvalue weighted by Gasteiger charge is 2.06. The summed E-state index contributed by atoms with van der Waals surface area (Å²) in [6.45, 7) is 0. The van der Waals surface area contributed by atoms with Crippen LogP contribution in [0.3, 0.4) is 0 Å². The van der Waals surface area contributed by atoms with Gasteiger partial charge < -0.3 is 5.21 Å². The fraction of sp³-hybridized carbons (Fsp3) is 0. The van der Waals surface area contributed by atoms with Crippen molar-refractivity contribution >= 4 is 5.84 Å². The first-order valence-corrected chi connectivity index (χ1v) is 1.77. The fourth-order valence-corrected chi connectivity index (χ4v) is 0.273. The Labute approximate surface area is 44.3 Å². The molecule has 0 radical (unpaired) electrons. The molecule has 8 heavy (non-hydrogen) atoms. The van der Waals surface area contributed by atoms with Gasteiger partial charge in [0, 0.05) is 0 Å². The maximum absolute atomic E-state index is 10.0. The first-order valence-electron chi connectivity index (χ1n) is 1.77. The predicted octanol–water partition coefficient (Wildman–Crippen LogP) is -1.41. The van der Waals surface area contributed by atoms with Crippen LogP contribution in [0.4, 0.5) is 0 Å². The largest absolute Gasteiger partial charge is 0.577 e. The first kappa shape index (κ1) is 4.83. The van der Waals surface area contributed by atoms with Crippen molar-refractivity contribution in [2.45, 2.75) is 0 Å². The maximum atomic E-state index is 10.0. The van der Waals surface area contributed by atoms with E-state index in [1.54, 1.807) is 6.07 Å². The lowest BCUT2D eigenvalue weighted by atomic mass is 10.7. The lowest BCUT2D eigenvalue weighted by Crippen LogP contribution is -2.95. The second kappa shape index (κ2) is 1.65. The Bertz CT molecular complexity index is 187. The van der Waals surface area contributed by atoms with E-state index in [4.69, 9.17) is 5.26 Å². The summed E-state index contributed by atoms with van der Waals surface area (Å²) in [4.78, 5) is 0. The molecule has 0 aromatic carbocycles. The maximum Gasteiger partial charge on any atom is 0.313 e. The van der Waals surface area contributed by atoms with Crippen molar-refractivity contribution in [2.75, 3.05) is 0 Å². The molecular weight excluding hydrogens is 110 g/mol. The van der Waals surface area contributed by atoms with E-state index in [9.17, 15) is 5.21 Å². The number of nitriles is 1. The Balaban J connectivity index is 2.77. The lowest BCUT2D eigenvalue weighted by molar-refractivity contribution is -0.863. The minimum Gasteiger partial charge on any atom is -0.577 e. The minimum atomic E-state index is -0.707. The van der Waals surface area contributed by atoms with Crippen LogP contribution in [0.2, 0.25) is 0 Å². The summed E-state index contributed by atoms with van der Waals surface area (Å²) >= 11 is 0. The zero-order valence-electron chi connectivity index (χ0n) is 3.70. The number of hydrogen-bond donors (Lipinski definition) is 1. The molecule has 0 amide bonds. The Hall–Kier alpha value is -1.32. The molecule has 0 saturated carbocycles. The zero-order valence-corrected chi connectivity index (χ0v) is 3.70. The molecule has 6 nitrogen and oxygen atoms in total. The van der Waals surface area contributed by atoms with Gasteiger partial charge in [0.1, 0.15) is 6.07 Å². The number of rotatable bonds is 0. The smallest absolute Gasteiger partial charge is 0.313 e. The summed E-state index contributed by atoms with van der Waals surface area (Å²) in [7, 11) is 0. The van der Waals surface area contributed by atoms with E-state index in [1.165, 1.54) is 0 Å². The highest BCUT2D eigenvalue weighted by molar-refractivity contribution is 5.96. The van der Waals surface area contributed by atoms with E-state index in [2.05, 4.69) is 15.4 Å². The average molecular weight is 111 g/mol. The third-order valence-corrected chi connectivity index (χ3v) is 0.532. The molecule has 0 fully saturated rings. The van der Waals surface area contributed by atoms with Gasteiger partial charge in [-0.3, -0.25) is 0 Å². The standard InChI is InChI=1S/C2HN5O/c3-1-2-4-6-7(8)5-2/h7H. The van der Waals surface area contributed by atoms with Crippen molar-refractivity contribution in [1.29, 1.82) is 5.26 Å². The molecule has 1 aliphatic heterocycles. The number of nitrogens with one attached hydrogen (secondary N) is 1. The van der Waals surface area contributed by atoms with Gasteiger partial charge >= 0.3 is 5.84 Å². The van der Waals surface area contributed by atoms with Crippen LogP contribution in [0.25, 0.3) is 0 Å². The van der Waals surface area contributed by atoms with Crippen LogP contribution in [0.1, 0.15) is 0 Å². The van der Waals surface area contributed by atoms with Crippen LogP contribution in [0.15, 0.2) is 15.4 Å². The number of quaternary nitrogens is 1. The minimum absolute atomic E-state index is 0.171. The van der Waals surface area contributed by atoms with Gasteiger partial charge in [-0.2, -0.15) is 5.26 Å². The molecule has 0 saturated heterocycles. The Kier molecular flexibility index (Phi) is 0.997. The molecular formula is C2HN5O. The van der Waals surface area contributed by atoms with Gasteiger partial charge in [0.2, 0.25) is 0 Å². The summed E-state index contributed by atoms with van der Waals surface area (Å²) in [6.07, 6.45) is 0. The highest BCUT2D eigenvalue weighted by Crippen LogP contribution is 1.79. The summed E-state index contributed by atoms with van der Waals surface area (Å²) in [5.74, 6) is -0.171. The molecule has 0 aromatic rings. The molecule has 1 aliphatic rings. The Morgan fingerprint density at radius 3 is 2.75 bits per heavy atom. The Morgan fingerprint density at radius 1 is 1.75 bits per heavy atom. The van der Waals surface area contributed by atoms with Crippen molar-refractivity contribution < 1.29 is 5.28 Å². The Morgan fingerprint density at radius 2 is 2.50 bits per heavy atom. The highest BCUT2D eigenvalue weighted by atomic mass is 16.6. The van der Waals surface area contributed by atoms with Crippen LogP contribution in [0, 0.1) is 16.5 Å². The topological polar surface area (TPSA) is 88.4 Å². The SMILES string of the molecule is N#CC1=N[NH+]([O-])N=N1. The third kappa shape index (κ3) is 0.676. The van der Waals surface area contributed by atoms with Crippen LogP contribution in [-0.4, -0.2) is 5.84 Å². The second-order valence-corrected chi connectivity index (χ2v) is 1.03. The lowest BCUT2D eigenvalue weighted by Gasteiger charge is -1.94. The summed E-state index contributed by atoms with van der Waals surface area (Å²) in [5.41, 5.74) is 0. The van der Waals surface area contributed by atoms with E-state index in [-0.39, 0.29) is 5.84 Å². The van der Waals surface area contributed by atoms with Gasteiger partial charge in [-0.1, -0.05) is 10.4 Å². The van der Waals surface area contributed by atoms with E-state index in [1.807, 2.05) is 0 Å². The molecule has 0 bridgehead atoms. The van der Waals surface area contributed by atoms with Crippen LogP contribution in [-0.2, 0) is 0 Å². The van der Waals surface area contributed by atoms with Crippen LogP contribution >= 0.6 is 0 Å². The van der Waals surface area contributed by atoms with Gasteiger partial charge in [0.05, 0.1) is 5.22 Å². The van der Waals surface area contributed by atoms with Gasteiger partial charge in [-0.25, -0.2) is 0 Å². The number of hydrogen-bond acceptors (Lipinski definition) is 5. The molecule has 1 rings (SSSR count). The normalized spacial score (nSPS) is 25.0. The molecule has 1 heterocycles. The molecule has 6 heteroatoms. The number of nitrogens with zero attached hydrogens (tertiary/aromatic N) is 4. The molecule has 0 aliphatic carbocycles. The summed E-state index contributed by atoms with van der Waals surface area (Å²) < 4.78 is 0. The van der Waals surface area contributed by atoms with Crippen molar-refractivity contribution in [3.63, 3.8) is 0 Å². The van der Waals surface area contributed by atoms with Crippen molar-refractivity contribution in [1.82, 2.24) is 0 Å². The summed E-state index contributed by atoms with van der Waals surface area (Å²) in [6, 6.07) is 1.56. The van der Waals surface area contributed by atoms with Crippen molar-refractivity contribution in [2.24, 2.45) is 15.4 Å². The van der Waals surface area contributed by atoms with Gasteiger partial charge in [0.15, 0.2) is 0 Å². The third-order valence-electron chi connectivity index (χ3n) is 0.532. The first-order chi connectivity index (χ1) is 3.83. The van der Waals surface area contributed by atoms with Crippen LogP contribution in [0.5, 0.6) is 0 Å². The van der Waals surface area contributed by atoms with Crippen molar-refractivity contribution in [3.8, 4) is 6.07 Å². The molecule has 1 unspecified atom stereocenters. The van der Waals surface area contributed by atoms with Gasteiger partial charge in [-0.15, -0.1) is 0 Å². The van der Waals surface area contributed by atoms with Gasteiger partial charge in [0.25, 0.3) is 0 Å². The molecule has 1 N–H and O–H groups in total. The molecule has 0 spiro atoms. The van der Waals surface area contributed by atoms with E-state index < -0.39 is 5.28 Å². The predicted molar refractivity (Wildman–Crippen MR) is 22.2 cm³/mol. The van der Waals surface area contributed by atoms with Crippen molar-refractivity contribution in [3.05, 3.63) is 5.21 Å². The average Bonchev–Trinajstić information content (AvgIpc) is 2.14.